The number of hydrogen-bond donors (Lipinski definition) is 0. The van der Waals surface area contributed by atoms with Crippen molar-refractivity contribution in [3.8, 4) is 0 Å². The summed E-state index contributed by atoms with van der Waals surface area (Å²) >= 11 is 1.85. The van der Waals surface area contributed by atoms with Gasteiger partial charge in [0.25, 0.3) is 0 Å². The number of aryl methyl sites for hydroxylation is 3. The third-order valence-corrected chi connectivity index (χ3v) is 5.15. The molecule has 98 valence electrons. The van der Waals surface area contributed by atoms with E-state index in [1.165, 1.54) is 28.7 Å². The van der Waals surface area contributed by atoms with Gasteiger partial charge in [-0.15, -0.1) is 16.4 Å². The topological polar surface area (TPSA) is 43.1 Å². The summed E-state index contributed by atoms with van der Waals surface area (Å²) in [6.07, 6.45) is 3.61. The van der Waals surface area contributed by atoms with Crippen molar-refractivity contribution in [1.82, 2.24) is 19.6 Å². The number of thiophene rings is 1. The normalized spacial score (nSPS) is 19.2. The van der Waals surface area contributed by atoms with Crippen LogP contribution < -0.4 is 0 Å². The van der Waals surface area contributed by atoms with E-state index in [4.69, 9.17) is 4.98 Å². The second kappa shape index (κ2) is 3.76. The molecule has 3 aromatic rings. The molecule has 0 fully saturated rings. The molecule has 4 nitrogen and oxygen atoms in total. The zero-order chi connectivity index (χ0) is 13.1. The zero-order valence-electron chi connectivity index (χ0n) is 11.4. The van der Waals surface area contributed by atoms with E-state index in [0.717, 1.165) is 34.5 Å². The van der Waals surface area contributed by atoms with Gasteiger partial charge in [-0.3, -0.25) is 0 Å². The molecule has 0 aliphatic heterocycles. The molecule has 1 atom stereocenters. The van der Waals surface area contributed by atoms with Crippen LogP contribution in [-0.4, -0.2) is 19.6 Å². The molecule has 0 spiro atoms. The summed E-state index contributed by atoms with van der Waals surface area (Å²) in [7, 11) is 0. The Bertz CT molecular complexity index is 799. The number of nitrogens with zero attached hydrogens (tertiary/aromatic N) is 4. The van der Waals surface area contributed by atoms with Crippen LogP contribution in [0.25, 0.3) is 15.9 Å². The first-order valence-electron chi connectivity index (χ1n) is 6.77. The van der Waals surface area contributed by atoms with E-state index in [1.807, 2.05) is 29.7 Å². The zero-order valence-corrected chi connectivity index (χ0v) is 12.2. The summed E-state index contributed by atoms with van der Waals surface area (Å²) in [5.41, 5.74) is 2.47. The average molecular weight is 272 g/mol. The molecule has 0 saturated heterocycles. The van der Waals surface area contributed by atoms with Gasteiger partial charge in [-0.25, -0.2) is 9.97 Å². The van der Waals surface area contributed by atoms with Crippen molar-refractivity contribution >= 4 is 27.2 Å². The van der Waals surface area contributed by atoms with Gasteiger partial charge in [0.2, 0.25) is 0 Å². The van der Waals surface area contributed by atoms with Gasteiger partial charge in [0, 0.05) is 4.88 Å². The van der Waals surface area contributed by atoms with Gasteiger partial charge in [-0.1, -0.05) is 6.92 Å². The van der Waals surface area contributed by atoms with E-state index in [9.17, 15) is 0 Å². The largest absolute Gasteiger partial charge is 0.222 e. The smallest absolute Gasteiger partial charge is 0.168 e. The lowest BCUT2D eigenvalue weighted by Gasteiger charge is -2.17. The van der Waals surface area contributed by atoms with Crippen LogP contribution in [0, 0.1) is 19.8 Å². The lowest BCUT2D eigenvalue weighted by Crippen LogP contribution is -2.08. The van der Waals surface area contributed by atoms with E-state index in [2.05, 4.69) is 17.0 Å². The molecule has 5 heteroatoms. The van der Waals surface area contributed by atoms with E-state index < -0.39 is 0 Å². The van der Waals surface area contributed by atoms with Gasteiger partial charge in [0.05, 0.1) is 5.39 Å². The summed E-state index contributed by atoms with van der Waals surface area (Å²) < 4.78 is 1.89. The Hall–Kier alpha value is -1.49. The van der Waals surface area contributed by atoms with Crippen LogP contribution in [0.2, 0.25) is 0 Å². The second-order valence-electron chi connectivity index (χ2n) is 5.59. The lowest BCUT2D eigenvalue weighted by atomic mass is 9.89. The van der Waals surface area contributed by atoms with Crippen molar-refractivity contribution in [2.75, 3.05) is 0 Å². The molecule has 3 aromatic heterocycles. The minimum absolute atomic E-state index is 0.789. The Morgan fingerprint density at radius 3 is 2.95 bits per heavy atom. The average Bonchev–Trinajstić information content (AvgIpc) is 2.88. The predicted molar refractivity (Wildman–Crippen MR) is 76.8 cm³/mol. The number of aromatic nitrogens is 4. The van der Waals surface area contributed by atoms with Gasteiger partial charge in [0.15, 0.2) is 5.65 Å². The van der Waals surface area contributed by atoms with Crippen molar-refractivity contribution in [3.05, 3.63) is 22.1 Å². The van der Waals surface area contributed by atoms with Crippen molar-refractivity contribution in [2.45, 2.75) is 40.0 Å². The van der Waals surface area contributed by atoms with Crippen LogP contribution in [0.4, 0.5) is 0 Å². The lowest BCUT2D eigenvalue weighted by molar-refractivity contribution is 0.509. The summed E-state index contributed by atoms with van der Waals surface area (Å²) in [4.78, 5) is 12.0. The first-order chi connectivity index (χ1) is 9.13. The molecule has 0 aromatic carbocycles. The fourth-order valence-electron chi connectivity index (χ4n) is 3.04. The molecule has 19 heavy (non-hydrogen) atoms. The summed E-state index contributed by atoms with van der Waals surface area (Å²) in [5, 5.41) is 5.70. The van der Waals surface area contributed by atoms with Crippen molar-refractivity contribution in [3.63, 3.8) is 0 Å². The number of hydrogen-bond acceptors (Lipinski definition) is 4. The van der Waals surface area contributed by atoms with E-state index >= 15 is 0 Å². The highest BCUT2D eigenvalue weighted by molar-refractivity contribution is 7.19. The van der Waals surface area contributed by atoms with Crippen LogP contribution in [0.15, 0.2) is 0 Å². The van der Waals surface area contributed by atoms with Crippen molar-refractivity contribution in [2.24, 2.45) is 5.92 Å². The maximum absolute atomic E-state index is 4.73. The van der Waals surface area contributed by atoms with Gasteiger partial charge in [-0.2, -0.15) is 4.52 Å². The highest BCUT2D eigenvalue weighted by Crippen LogP contribution is 2.38. The Morgan fingerprint density at radius 1 is 1.26 bits per heavy atom. The predicted octanol–water partition coefficient (Wildman–Crippen LogP) is 3.08. The summed E-state index contributed by atoms with van der Waals surface area (Å²) in [6.45, 7) is 6.28. The molecule has 0 unspecified atom stereocenters. The second-order valence-corrected chi connectivity index (χ2v) is 6.67. The SMILES string of the molecule is Cc1nc2c3c4c(sc3nc(C)n2n1)C[C@H](C)CC4. The summed E-state index contributed by atoms with van der Waals surface area (Å²) in [6, 6.07) is 0. The molecule has 1 aliphatic carbocycles. The van der Waals surface area contributed by atoms with Crippen molar-refractivity contribution < 1.29 is 0 Å². The fourth-order valence-corrected chi connectivity index (χ4v) is 4.47. The monoisotopic (exact) mass is 272 g/mol. The number of fused-ring (bicyclic) bond motifs is 5. The van der Waals surface area contributed by atoms with Crippen LogP contribution >= 0.6 is 11.3 Å². The maximum atomic E-state index is 4.73. The van der Waals surface area contributed by atoms with E-state index in [0.29, 0.717) is 0 Å². The molecular weight excluding hydrogens is 256 g/mol. The minimum atomic E-state index is 0.789. The Morgan fingerprint density at radius 2 is 2.11 bits per heavy atom. The molecular formula is C14H16N4S. The van der Waals surface area contributed by atoms with Gasteiger partial charge in [-0.05, 0) is 44.6 Å². The van der Waals surface area contributed by atoms with Crippen LogP contribution in [-0.2, 0) is 12.8 Å². The van der Waals surface area contributed by atoms with Gasteiger partial charge < -0.3 is 0 Å². The molecule has 0 bridgehead atoms. The quantitative estimate of drug-likeness (QED) is 0.631. The van der Waals surface area contributed by atoms with Crippen LogP contribution in [0.5, 0.6) is 0 Å². The fraction of sp³-hybridized carbons (Fsp3) is 0.500. The molecule has 0 N–H and O–H groups in total. The van der Waals surface area contributed by atoms with E-state index in [-0.39, 0.29) is 0 Å². The highest BCUT2D eigenvalue weighted by atomic mass is 32.1. The molecule has 0 saturated carbocycles. The molecule has 3 heterocycles. The highest BCUT2D eigenvalue weighted by Gasteiger charge is 2.23. The minimum Gasteiger partial charge on any atom is -0.222 e. The standard InChI is InChI=1S/C14H16N4S/c1-7-4-5-10-11(6-7)19-14-12(10)13-15-8(2)17-18(13)9(3)16-14/h7H,4-6H2,1-3H3/t7-/m1/s1. The van der Waals surface area contributed by atoms with Gasteiger partial charge in [0.1, 0.15) is 16.5 Å². The van der Waals surface area contributed by atoms with Crippen molar-refractivity contribution in [1.29, 1.82) is 0 Å². The third kappa shape index (κ3) is 1.54. The van der Waals surface area contributed by atoms with Gasteiger partial charge >= 0.3 is 0 Å². The summed E-state index contributed by atoms with van der Waals surface area (Å²) in [5.74, 6) is 2.54. The molecule has 1 aliphatic rings. The molecule has 4 rings (SSSR count). The van der Waals surface area contributed by atoms with Crippen LogP contribution in [0.3, 0.4) is 0 Å². The maximum Gasteiger partial charge on any atom is 0.168 e. The van der Waals surface area contributed by atoms with E-state index in [1.54, 1.807) is 0 Å². The Kier molecular flexibility index (Phi) is 2.24. The number of rotatable bonds is 0. The molecule has 0 radical (unpaired) electrons. The Labute approximate surface area is 115 Å². The Balaban J connectivity index is 2.14. The molecule has 0 amide bonds. The first-order valence-corrected chi connectivity index (χ1v) is 7.59. The van der Waals surface area contributed by atoms with Crippen LogP contribution in [0.1, 0.15) is 35.4 Å². The third-order valence-electron chi connectivity index (χ3n) is 4.00. The first kappa shape index (κ1) is 11.3.